The number of aromatic amines is 1. The van der Waals surface area contributed by atoms with Crippen LogP contribution in [0.1, 0.15) is 22.8 Å². The van der Waals surface area contributed by atoms with Gasteiger partial charge >= 0.3 is 12.1 Å². The van der Waals surface area contributed by atoms with Gasteiger partial charge in [-0.1, -0.05) is 11.6 Å². The summed E-state index contributed by atoms with van der Waals surface area (Å²) in [6.07, 6.45) is -4.69. The summed E-state index contributed by atoms with van der Waals surface area (Å²) in [7, 11) is 0. The number of alkyl halides is 3. The second kappa shape index (κ2) is 7.61. The van der Waals surface area contributed by atoms with Crippen LogP contribution in [0.3, 0.4) is 0 Å². The second-order valence-corrected chi connectivity index (χ2v) is 5.55. The van der Waals surface area contributed by atoms with Crippen LogP contribution >= 0.6 is 11.6 Å². The maximum Gasteiger partial charge on any atom is 0.416 e. The Morgan fingerprint density at radius 1 is 1.27 bits per heavy atom. The van der Waals surface area contributed by atoms with Gasteiger partial charge in [0.15, 0.2) is 6.10 Å². The van der Waals surface area contributed by atoms with Gasteiger partial charge in [0.2, 0.25) is 0 Å². The Morgan fingerprint density at radius 2 is 1.96 bits per heavy atom. The highest BCUT2D eigenvalue weighted by Crippen LogP contribution is 2.33. The van der Waals surface area contributed by atoms with Crippen molar-refractivity contribution in [1.82, 2.24) is 4.98 Å². The molecule has 1 amide bonds. The molecule has 1 heterocycles. The number of rotatable bonds is 4. The van der Waals surface area contributed by atoms with Crippen molar-refractivity contribution in [2.45, 2.75) is 19.2 Å². The molecular weight excluding hydrogens is 377 g/mol. The van der Waals surface area contributed by atoms with Crippen molar-refractivity contribution in [3.05, 3.63) is 63.0 Å². The molecule has 1 aromatic heterocycles. The van der Waals surface area contributed by atoms with Crippen LogP contribution in [0.15, 0.2) is 41.3 Å². The van der Waals surface area contributed by atoms with Gasteiger partial charge in [0.1, 0.15) is 5.56 Å². The fourth-order valence-corrected chi connectivity index (χ4v) is 2.06. The van der Waals surface area contributed by atoms with Gasteiger partial charge < -0.3 is 15.0 Å². The Bertz CT molecular complexity index is 896. The zero-order valence-electron chi connectivity index (χ0n) is 13.2. The molecule has 2 aromatic rings. The van der Waals surface area contributed by atoms with E-state index in [1.165, 1.54) is 25.3 Å². The standard InChI is InChI=1S/C16H12ClF3N2O4/c1-8(26-15(25)10-3-2-6-21-14(10)24)13(23)22-12-7-9(16(18,19)20)4-5-11(12)17/h2-8H,1H3,(H,21,24)(H,22,23)/t8-/m0/s1. The Hall–Kier alpha value is -2.81. The zero-order chi connectivity index (χ0) is 19.5. The van der Waals surface area contributed by atoms with Crippen LogP contribution in [0.2, 0.25) is 5.02 Å². The number of carbonyl (C=O) groups is 2. The summed E-state index contributed by atoms with van der Waals surface area (Å²) in [5.41, 5.74) is -2.31. The van der Waals surface area contributed by atoms with Crippen molar-refractivity contribution in [3.63, 3.8) is 0 Å². The molecule has 26 heavy (non-hydrogen) atoms. The van der Waals surface area contributed by atoms with Crippen LogP contribution in [0.5, 0.6) is 0 Å². The SMILES string of the molecule is C[C@H](OC(=O)c1ccc[nH]c1=O)C(=O)Nc1cc(C(F)(F)F)ccc1Cl. The molecular formula is C16H12ClF3N2O4. The largest absolute Gasteiger partial charge is 0.449 e. The summed E-state index contributed by atoms with van der Waals surface area (Å²) in [5.74, 6) is -1.96. The van der Waals surface area contributed by atoms with Gasteiger partial charge in [0.25, 0.3) is 11.5 Å². The van der Waals surface area contributed by atoms with Crippen LogP contribution < -0.4 is 10.9 Å². The zero-order valence-corrected chi connectivity index (χ0v) is 13.9. The van der Waals surface area contributed by atoms with Crippen LogP contribution in [0.4, 0.5) is 18.9 Å². The molecule has 138 valence electrons. The second-order valence-electron chi connectivity index (χ2n) is 5.14. The molecule has 0 aliphatic rings. The van der Waals surface area contributed by atoms with Crippen molar-refractivity contribution in [2.24, 2.45) is 0 Å². The first-order valence-corrected chi connectivity index (χ1v) is 7.53. The average molecular weight is 389 g/mol. The van der Waals surface area contributed by atoms with Crippen LogP contribution in [0, 0.1) is 0 Å². The first-order chi connectivity index (χ1) is 12.1. The summed E-state index contributed by atoms with van der Waals surface area (Å²) in [4.78, 5) is 37.7. The topological polar surface area (TPSA) is 88.3 Å². The molecule has 0 radical (unpaired) electrons. The predicted molar refractivity (Wildman–Crippen MR) is 87.0 cm³/mol. The van der Waals surface area contributed by atoms with Crippen molar-refractivity contribution >= 4 is 29.2 Å². The van der Waals surface area contributed by atoms with E-state index in [4.69, 9.17) is 16.3 Å². The lowest BCUT2D eigenvalue weighted by Crippen LogP contribution is -2.31. The number of hydrogen-bond donors (Lipinski definition) is 2. The number of aromatic nitrogens is 1. The minimum Gasteiger partial charge on any atom is -0.449 e. The molecule has 2 N–H and O–H groups in total. The maximum atomic E-state index is 12.7. The number of anilines is 1. The smallest absolute Gasteiger partial charge is 0.416 e. The number of carbonyl (C=O) groups excluding carboxylic acids is 2. The molecule has 0 saturated heterocycles. The molecule has 0 spiro atoms. The van der Waals surface area contributed by atoms with Gasteiger partial charge in [0.05, 0.1) is 16.3 Å². The summed E-state index contributed by atoms with van der Waals surface area (Å²) in [6.45, 7) is 1.20. The normalized spacial score (nSPS) is 12.3. The highest BCUT2D eigenvalue weighted by molar-refractivity contribution is 6.33. The highest BCUT2D eigenvalue weighted by Gasteiger charge is 2.31. The van der Waals surface area contributed by atoms with E-state index in [1.807, 2.05) is 0 Å². The molecule has 6 nitrogen and oxygen atoms in total. The molecule has 1 aromatic carbocycles. The molecule has 10 heteroatoms. The summed E-state index contributed by atoms with van der Waals surface area (Å²) in [6, 6.07) is 5.01. The van der Waals surface area contributed by atoms with E-state index in [9.17, 15) is 27.6 Å². The third-order valence-electron chi connectivity index (χ3n) is 3.24. The van der Waals surface area contributed by atoms with E-state index in [2.05, 4.69) is 10.3 Å². The molecule has 1 atom stereocenters. The third kappa shape index (κ3) is 4.63. The van der Waals surface area contributed by atoms with E-state index in [0.717, 1.165) is 12.1 Å². The number of pyridine rings is 1. The number of amides is 1. The fourth-order valence-electron chi connectivity index (χ4n) is 1.89. The van der Waals surface area contributed by atoms with Gasteiger partial charge in [-0.15, -0.1) is 0 Å². The Balaban J connectivity index is 2.11. The Kier molecular flexibility index (Phi) is 5.71. The number of halogens is 4. The third-order valence-corrected chi connectivity index (χ3v) is 3.57. The molecule has 0 aliphatic heterocycles. The molecule has 0 unspecified atom stereocenters. The summed E-state index contributed by atoms with van der Waals surface area (Å²) >= 11 is 5.78. The van der Waals surface area contributed by atoms with Crippen molar-refractivity contribution in [1.29, 1.82) is 0 Å². The molecule has 0 aliphatic carbocycles. The van der Waals surface area contributed by atoms with Gasteiger partial charge in [-0.2, -0.15) is 13.2 Å². The van der Waals surface area contributed by atoms with Crippen molar-refractivity contribution in [3.8, 4) is 0 Å². The van der Waals surface area contributed by atoms with Gasteiger partial charge in [-0.05, 0) is 37.3 Å². The van der Waals surface area contributed by atoms with Gasteiger partial charge in [-0.25, -0.2) is 4.79 Å². The number of ether oxygens (including phenoxy) is 1. The first kappa shape index (κ1) is 19.5. The maximum absolute atomic E-state index is 12.7. The quantitative estimate of drug-likeness (QED) is 0.787. The Morgan fingerprint density at radius 3 is 2.58 bits per heavy atom. The predicted octanol–water partition coefficient (Wildman–Crippen LogP) is 3.23. The molecule has 2 rings (SSSR count). The molecule has 0 fully saturated rings. The fraction of sp³-hybridized carbons (Fsp3) is 0.188. The average Bonchev–Trinajstić information content (AvgIpc) is 2.55. The lowest BCUT2D eigenvalue weighted by Gasteiger charge is -2.15. The Labute approximate surface area is 149 Å². The molecule has 0 bridgehead atoms. The lowest BCUT2D eigenvalue weighted by molar-refractivity contribution is -0.137. The number of nitrogens with one attached hydrogen (secondary N) is 2. The van der Waals surface area contributed by atoms with Crippen molar-refractivity contribution in [2.75, 3.05) is 5.32 Å². The number of benzene rings is 1. The van der Waals surface area contributed by atoms with E-state index in [1.54, 1.807) is 0 Å². The summed E-state index contributed by atoms with van der Waals surface area (Å²) < 4.78 is 43.1. The van der Waals surface area contributed by atoms with E-state index in [-0.39, 0.29) is 16.3 Å². The van der Waals surface area contributed by atoms with E-state index in [0.29, 0.717) is 6.07 Å². The number of hydrogen-bond acceptors (Lipinski definition) is 4. The minimum atomic E-state index is -4.61. The van der Waals surface area contributed by atoms with E-state index < -0.39 is 35.3 Å². The number of H-pyrrole nitrogens is 1. The van der Waals surface area contributed by atoms with Gasteiger partial charge in [0, 0.05) is 6.20 Å². The van der Waals surface area contributed by atoms with Crippen molar-refractivity contribution < 1.29 is 27.5 Å². The van der Waals surface area contributed by atoms with E-state index >= 15 is 0 Å². The minimum absolute atomic E-state index is 0.121. The van der Waals surface area contributed by atoms with Crippen LogP contribution in [-0.2, 0) is 15.7 Å². The van der Waals surface area contributed by atoms with Crippen LogP contribution in [0.25, 0.3) is 0 Å². The monoisotopic (exact) mass is 388 g/mol. The first-order valence-electron chi connectivity index (χ1n) is 7.16. The summed E-state index contributed by atoms with van der Waals surface area (Å²) in [5, 5.41) is 2.04. The van der Waals surface area contributed by atoms with Crippen LogP contribution in [-0.4, -0.2) is 23.0 Å². The lowest BCUT2D eigenvalue weighted by atomic mass is 10.2. The highest BCUT2D eigenvalue weighted by atomic mass is 35.5. The van der Waals surface area contributed by atoms with Gasteiger partial charge in [-0.3, -0.25) is 9.59 Å². The number of esters is 1. The molecule has 0 saturated carbocycles.